The first-order chi connectivity index (χ1) is 13.0. The predicted octanol–water partition coefficient (Wildman–Crippen LogP) is 4.08. The van der Waals surface area contributed by atoms with Gasteiger partial charge in [0.25, 0.3) is 0 Å². The Kier molecular flexibility index (Phi) is 4.49. The largest absolute Gasteiger partial charge is 0.459 e. The molecule has 0 spiro atoms. The Hall–Kier alpha value is -2.99. The minimum atomic E-state index is -0.370. The third-order valence-electron chi connectivity index (χ3n) is 4.23. The smallest absolute Gasteiger partial charge is 0.303 e. The first-order valence-electron chi connectivity index (χ1n) is 8.33. The van der Waals surface area contributed by atoms with Gasteiger partial charge in [0.05, 0.1) is 23.6 Å². The van der Waals surface area contributed by atoms with Crippen molar-refractivity contribution < 1.29 is 13.9 Å². The highest BCUT2D eigenvalue weighted by Crippen LogP contribution is 2.28. The lowest BCUT2D eigenvalue weighted by atomic mass is 10.00. The van der Waals surface area contributed by atoms with Gasteiger partial charge in [0.15, 0.2) is 0 Å². The minimum absolute atomic E-state index is 0.0855. The quantitative estimate of drug-likeness (QED) is 0.640. The van der Waals surface area contributed by atoms with Gasteiger partial charge in [0.2, 0.25) is 0 Å². The van der Waals surface area contributed by atoms with Crippen LogP contribution in [0.5, 0.6) is 0 Å². The van der Waals surface area contributed by atoms with E-state index in [0.29, 0.717) is 33.4 Å². The summed E-state index contributed by atoms with van der Waals surface area (Å²) in [5, 5.41) is 0.529. The van der Waals surface area contributed by atoms with Crippen LogP contribution >= 0.6 is 11.6 Å². The molecule has 27 heavy (non-hydrogen) atoms. The molecule has 0 radical (unpaired) electrons. The van der Waals surface area contributed by atoms with E-state index in [4.69, 9.17) is 16.3 Å². The maximum absolute atomic E-state index is 14.4. The lowest BCUT2D eigenvalue weighted by Gasteiger charge is -2.12. The molecule has 1 aromatic heterocycles. The van der Waals surface area contributed by atoms with Crippen LogP contribution in [0, 0.1) is 5.82 Å². The van der Waals surface area contributed by atoms with Crippen molar-refractivity contribution in [2.45, 2.75) is 20.1 Å². The molecule has 0 aliphatic carbocycles. The van der Waals surface area contributed by atoms with Gasteiger partial charge >= 0.3 is 5.97 Å². The van der Waals surface area contributed by atoms with Crippen molar-refractivity contribution in [1.82, 2.24) is 9.55 Å². The molecule has 2 heterocycles. The molecule has 7 heteroatoms. The van der Waals surface area contributed by atoms with E-state index in [0.717, 1.165) is 5.69 Å². The van der Waals surface area contributed by atoms with Crippen molar-refractivity contribution in [2.24, 2.45) is 4.99 Å². The molecule has 5 nitrogen and oxygen atoms in total. The summed E-state index contributed by atoms with van der Waals surface area (Å²) in [5.74, 6) is -0.0467. The van der Waals surface area contributed by atoms with Crippen LogP contribution < -0.4 is 0 Å². The predicted molar refractivity (Wildman–Crippen MR) is 99.8 cm³/mol. The zero-order chi connectivity index (χ0) is 19.0. The average molecular weight is 384 g/mol. The average Bonchev–Trinajstić information content (AvgIpc) is 2.99. The van der Waals surface area contributed by atoms with E-state index in [-0.39, 0.29) is 24.9 Å². The van der Waals surface area contributed by atoms with E-state index >= 15 is 0 Å². The number of rotatable bonds is 3. The Morgan fingerprint density at radius 1 is 1.26 bits per heavy atom. The Balaban J connectivity index is 1.85. The van der Waals surface area contributed by atoms with E-state index in [1.54, 1.807) is 36.5 Å². The summed E-state index contributed by atoms with van der Waals surface area (Å²) in [6.07, 6.45) is 1.80. The lowest BCUT2D eigenvalue weighted by molar-refractivity contribution is -0.142. The number of nitrogens with zero attached hydrogens (tertiary/aromatic N) is 3. The van der Waals surface area contributed by atoms with Crippen molar-refractivity contribution in [3.05, 3.63) is 82.1 Å². The Bertz CT molecular complexity index is 1070. The molecular weight excluding hydrogens is 369 g/mol. The molecule has 136 valence electrons. The number of hydrogen-bond acceptors (Lipinski definition) is 4. The number of aliphatic imine (C=N–C) groups is 1. The van der Waals surface area contributed by atoms with Crippen LogP contribution in [0.4, 0.5) is 4.39 Å². The third-order valence-corrected chi connectivity index (χ3v) is 4.47. The van der Waals surface area contributed by atoms with E-state index in [2.05, 4.69) is 9.98 Å². The zero-order valence-corrected chi connectivity index (χ0v) is 15.2. The second-order valence-corrected chi connectivity index (χ2v) is 6.54. The molecule has 1 aliphatic heterocycles. The molecule has 0 saturated carbocycles. The summed E-state index contributed by atoms with van der Waals surface area (Å²) in [7, 11) is 0. The van der Waals surface area contributed by atoms with Gasteiger partial charge in [-0.1, -0.05) is 23.7 Å². The SMILES string of the molecule is CC(=O)OCc1cn2c(n1)CN=C(c1ccccc1F)c1cc(Cl)ccc1-2. The highest BCUT2D eigenvalue weighted by Gasteiger charge is 2.22. The van der Waals surface area contributed by atoms with Crippen molar-refractivity contribution in [1.29, 1.82) is 0 Å². The number of ether oxygens (including phenoxy) is 1. The third kappa shape index (κ3) is 3.36. The summed E-state index contributed by atoms with van der Waals surface area (Å²) >= 11 is 6.21. The topological polar surface area (TPSA) is 56.5 Å². The summed E-state index contributed by atoms with van der Waals surface area (Å²) in [5.41, 5.74) is 3.05. The number of carbonyl (C=O) groups is 1. The Labute approximate surface area is 160 Å². The van der Waals surface area contributed by atoms with E-state index in [9.17, 15) is 9.18 Å². The zero-order valence-electron chi connectivity index (χ0n) is 14.4. The fraction of sp³-hybridized carbons (Fsp3) is 0.150. The number of carbonyl (C=O) groups excluding carboxylic acids is 1. The highest BCUT2D eigenvalue weighted by atomic mass is 35.5. The van der Waals surface area contributed by atoms with Crippen molar-refractivity contribution in [2.75, 3.05) is 0 Å². The number of esters is 1. The first kappa shape index (κ1) is 17.4. The molecule has 0 amide bonds. The van der Waals surface area contributed by atoms with Gasteiger partial charge in [-0.2, -0.15) is 0 Å². The van der Waals surface area contributed by atoms with Crippen LogP contribution in [-0.4, -0.2) is 21.2 Å². The van der Waals surface area contributed by atoms with Crippen LogP contribution in [0.1, 0.15) is 29.6 Å². The van der Waals surface area contributed by atoms with Crippen molar-refractivity contribution in [3.8, 4) is 5.69 Å². The number of fused-ring (bicyclic) bond motifs is 3. The minimum Gasteiger partial charge on any atom is -0.459 e. The standard InChI is InChI=1S/C20H15ClFN3O2/c1-12(26)27-11-14-10-25-18-7-6-13(21)8-16(18)20(23-9-19(25)24-14)15-4-2-3-5-17(15)22/h2-8,10H,9,11H2,1H3. The van der Waals surface area contributed by atoms with Gasteiger partial charge in [0, 0.05) is 29.3 Å². The van der Waals surface area contributed by atoms with E-state index < -0.39 is 0 Å². The number of aromatic nitrogens is 2. The summed E-state index contributed by atoms with van der Waals surface area (Å²) in [6.45, 7) is 1.70. The van der Waals surface area contributed by atoms with Crippen LogP contribution in [0.15, 0.2) is 53.7 Å². The summed E-state index contributed by atoms with van der Waals surface area (Å²) in [6, 6.07) is 11.9. The summed E-state index contributed by atoms with van der Waals surface area (Å²) in [4.78, 5) is 20.2. The fourth-order valence-corrected chi connectivity index (χ4v) is 3.24. The molecular formula is C20H15ClFN3O2. The molecule has 0 atom stereocenters. The van der Waals surface area contributed by atoms with Crippen LogP contribution in [0.3, 0.4) is 0 Å². The summed E-state index contributed by atoms with van der Waals surface area (Å²) < 4.78 is 21.3. The van der Waals surface area contributed by atoms with Gasteiger partial charge in [-0.05, 0) is 30.3 Å². The van der Waals surface area contributed by atoms with Crippen molar-refractivity contribution >= 4 is 23.3 Å². The number of halogens is 2. The Morgan fingerprint density at radius 2 is 2.07 bits per heavy atom. The number of benzene rings is 2. The lowest BCUT2D eigenvalue weighted by Crippen LogP contribution is -2.09. The highest BCUT2D eigenvalue weighted by molar-refractivity contribution is 6.31. The van der Waals surface area contributed by atoms with Crippen molar-refractivity contribution in [3.63, 3.8) is 0 Å². The van der Waals surface area contributed by atoms with E-state index in [1.165, 1.54) is 13.0 Å². The molecule has 0 unspecified atom stereocenters. The van der Waals surface area contributed by atoms with Gasteiger partial charge in [0.1, 0.15) is 18.2 Å². The molecule has 2 aromatic carbocycles. The van der Waals surface area contributed by atoms with Gasteiger partial charge < -0.3 is 9.30 Å². The van der Waals surface area contributed by atoms with Crippen LogP contribution in [-0.2, 0) is 22.7 Å². The van der Waals surface area contributed by atoms with E-state index in [1.807, 2.05) is 10.6 Å². The van der Waals surface area contributed by atoms with Crippen LogP contribution in [0.2, 0.25) is 5.02 Å². The molecule has 1 aliphatic rings. The number of imidazole rings is 1. The second-order valence-electron chi connectivity index (χ2n) is 6.10. The number of hydrogen-bond donors (Lipinski definition) is 0. The monoisotopic (exact) mass is 383 g/mol. The fourth-order valence-electron chi connectivity index (χ4n) is 3.06. The maximum atomic E-state index is 14.4. The first-order valence-corrected chi connectivity index (χ1v) is 8.71. The van der Waals surface area contributed by atoms with Crippen LogP contribution in [0.25, 0.3) is 5.69 Å². The van der Waals surface area contributed by atoms with Gasteiger partial charge in [-0.15, -0.1) is 0 Å². The molecule has 3 aromatic rings. The maximum Gasteiger partial charge on any atom is 0.303 e. The van der Waals surface area contributed by atoms with Gasteiger partial charge in [-0.3, -0.25) is 9.79 Å². The van der Waals surface area contributed by atoms with Gasteiger partial charge in [-0.25, -0.2) is 9.37 Å². The molecule has 0 bridgehead atoms. The Morgan fingerprint density at radius 3 is 2.85 bits per heavy atom. The molecule has 0 N–H and O–H groups in total. The molecule has 0 fully saturated rings. The second kappa shape index (κ2) is 6.96. The molecule has 0 saturated heterocycles. The normalized spacial score (nSPS) is 12.6. The molecule has 4 rings (SSSR count).